The number of imidazole rings is 1. The molecule has 38 heavy (non-hydrogen) atoms. The smallest absolute Gasteiger partial charge is 0.231 e. The standard InChI is InChI=1S/C27H20N8O3/c1-2-22(36)30-16-9-15(11-28-12-16)18-4-5-19-24(31-18)25(35-34-19)27-32-23-17(7-8-29-26(23)33-27)14-3-6-20-21(10-14)38-13-37-20/h3-12H,2,13H2,1H3,(H,30,36)(H,34,35)(H,29,32,33). The number of ether oxygens (including phenoxy) is 2. The van der Waals surface area contributed by atoms with Crippen LogP contribution in [0.15, 0.2) is 61.1 Å². The van der Waals surface area contributed by atoms with Crippen LogP contribution in [0.25, 0.3) is 56.1 Å². The van der Waals surface area contributed by atoms with Gasteiger partial charge in [0.25, 0.3) is 0 Å². The summed E-state index contributed by atoms with van der Waals surface area (Å²) in [5.41, 5.74) is 7.26. The number of anilines is 1. The molecule has 3 N–H and O–H groups in total. The summed E-state index contributed by atoms with van der Waals surface area (Å²) in [7, 11) is 0. The van der Waals surface area contributed by atoms with E-state index in [1.807, 2.05) is 42.5 Å². The van der Waals surface area contributed by atoms with E-state index in [2.05, 4.69) is 30.5 Å². The van der Waals surface area contributed by atoms with E-state index < -0.39 is 0 Å². The first kappa shape index (κ1) is 21.9. The molecule has 11 nitrogen and oxygen atoms in total. The fourth-order valence-electron chi connectivity index (χ4n) is 4.45. The molecule has 0 radical (unpaired) electrons. The van der Waals surface area contributed by atoms with Crippen LogP contribution < -0.4 is 14.8 Å². The van der Waals surface area contributed by atoms with Gasteiger partial charge < -0.3 is 19.8 Å². The molecule has 0 aliphatic carbocycles. The largest absolute Gasteiger partial charge is 0.454 e. The van der Waals surface area contributed by atoms with Crippen molar-refractivity contribution in [3.05, 3.63) is 61.1 Å². The van der Waals surface area contributed by atoms with Crippen LogP contribution >= 0.6 is 0 Å². The molecule has 6 heterocycles. The Bertz CT molecular complexity index is 1860. The number of amides is 1. The second-order valence-electron chi connectivity index (χ2n) is 8.74. The molecule has 0 spiro atoms. The molecule has 0 bridgehead atoms. The number of aromatic amines is 2. The van der Waals surface area contributed by atoms with E-state index in [0.717, 1.165) is 33.5 Å². The molecule has 0 atom stereocenters. The second-order valence-corrected chi connectivity index (χ2v) is 8.74. The highest BCUT2D eigenvalue weighted by Crippen LogP contribution is 2.38. The summed E-state index contributed by atoms with van der Waals surface area (Å²) < 4.78 is 11.0. The average molecular weight is 505 g/mol. The quantitative estimate of drug-likeness (QED) is 0.306. The van der Waals surface area contributed by atoms with Gasteiger partial charge in [-0.05, 0) is 42.0 Å². The fourth-order valence-corrected chi connectivity index (χ4v) is 4.45. The molecule has 1 aliphatic rings. The first-order valence-corrected chi connectivity index (χ1v) is 12.0. The zero-order valence-corrected chi connectivity index (χ0v) is 20.1. The number of fused-ring (bicyclic) bond motifs is 3. The molecule has 0 saturated heterocycles. The fraction of sp³-hybridized carbons (Fsp3) is 0.111. The molecule has 1 aliphatic heterocycles. The van der Waals surface area contributed by atoms with Gasteiger partial charge in [-0.25, -0.2) is 15.0 Å². The van der Waals surface area contributed by atoms with E-state index in [-0.39, 0.29) is 12.7 Å². The Kier molecular flexibility index (Phi) is 5.00. The molecule has 1 amide bonds. The van der Waals surface area contributed by atoms with Gasteiger partial charge in [0.15, 0.2) is 28.7 Å². The van der Waals surface area contributed by atoms with Crippen molar-refractivity contribution < 1.29 is 14.3 Å². The van der Waals surface area contributed by atoms with Crippen LogP contribution in [0.1, 0.15) is 13.3 Å². The summed E-state index contributed by atoms with van der Waals surface area (Å²) in [5, 5.41) is 10.4. The maximum atomic E-state index is 11.8. The lowest BCUT2D eigenvalue weighted by Gasteiger charge is -2.06. The van der Waals surface area contributed by atoms with Gasteiger partial charge in [-0.2, -0.15) is 5.10 Å². The van der Waals surface area contributed by atoms with Crippen LogP contribution in [-0.2, 0) is 4.79 Å². The number of carbonyl (C=O) groups is 1. The highest BCUT2D eigenvalue weighted by atomic mass is 16.7. The van der Waals surface area contributed by atoms with Gasteiger partial charge in [0.2, 0.25) is 12.7 Å². The van der Waals surface area contributed by atoms with Crippen molar-refractivity contribution in [3.63, 3.8) is 0 Å². The van der Waals surface area contributed by atoms with Crippen molar-refractivity contribution in [1.29, 1.82) is 0 Å². The predicted molar refractivity (Wildman–Crippen MR) is 140 cm³/mol. The van der Waals surface area contributed by atoms with E-state index in [1.54, 1.807) is 25.5 Å². The number of carbonyl (C=O) groups excluding carboxylic acids is 1. The number of aromatic nitrogens is 7. The van der Waals surface area contributed by atoms with Crippen molar-refractivity contribution in [2.24, 2.45) is 0 Å². The molecule has 6 aromatic rings. The summed E-state index contributed by atoms with van der Waals surface area (Å²) in [6.45, 7) is 2.02. The van der Waals surface area contributed by atoms with Crippen LogP contribution in [0.5, 0.6) is 11.5 Å². The van der Waals surface area contributed by atoms with E-state index in [1.165, 1.54) is 0 Å². The number of benzene rings is 1. The Morgan fingerprint density at radius 2 is 1.95 bits per heavy atom. The van der Waals surface area contributed by atoms with Crippen molar-refractivity contribution in [3.8, 4) is 45.4 Å². The minimum absolute atomic E-state index is 0.0805. The molecule has 0 unspecified atom stereocenters. The Hall–Kier alpha value is -5.32. The monoisotopic (exact) mass is 504 g/mol. The van der Waals surface area contributed by atoms with E-state index in [9.17, 15) is 4.79 Å². The van der Waals surface area contributed by atoms with E-state index in [4.69, 9.17) is 19.4 Å². The Labute approximate surface area is 215 Å². The number of hydrogen-bond acceptors (Lipinski definition) is 8. The lowest BCUT2D eigenvalue weighted by atomic mass is 10.1. The van der Waals surface area contributed by atoms with Crippen molar-refractivity contribution in [2.75, 3.05) is 12.1 Å². The summed E-state index contributed by atoms with van der Waals surface area (Å²) >= 11 is 0. The van der Waals surface area contributed by atoms with Gasteiger partial charge in [-0.1, -0.05) is 13.0 Å². The third kappa shape index (κ3) is 3.68. The zero-order valence-electron chi connectivity index (χ0n) is 20.1. The third-order valence-corrected chi connectivity index (χ3v) is 6.35. The van der Waals surface area contributed by atoms with Crippen LogP contribution in [-0.4, -0.2) is 47.8 Å². The van der Waals surface area contributed by atoms with Crippen LogP contribution in [0.3, 0.4) is 0 Å². The predicted octanol–water partition coefficient (Wildman–Crippen LogP) is 4.70. The van der Waals surface area contributed by atoms with Crippen molar-refractivity contribution in [1.82, 2.24) is 35.1 Å². The third-order valence-electron chi connectivity index (χ3n) is 6.35. The minimum Gasteiger partial charge on any atom is -0.454 e. The molecule has 11 heteroatoms. The van der Waals surface area contributed by atoms with Crippen LogP contribution in [0.2, 0.25) is 0 Å². The average Bonchev–Trinajstić information content (AvgIpc) is 3.69. The number of hydrogen-bond donors (Lipinski definition) is 3. The van der Waals surface area contributed by atoms with Crippen LogP contribution in [0.4, 0.5) is 5.69 Å². The summed E-state index contributed by atoms with van der Waals surface area (Å²) in [6, 6.07) is 13.4. The number of pyridine rings is 3. The van der Waals surface area contributed by atoms with E-state index >= 15 is 0 Å². The Balaban J connectivity index is 1.29. The molecular formula is C27H20N8O3. The van der Waals surface area contributed by atoms with Gasteiger partial charge in [0.05, 0.1) is 28.6 Å². The summed E-state index contributed by atoms with van der Waals surface area (Å²) in [6.07, 6.45) is 5.43. The first-order chi connectivity index (χ1) is 18.7. The first-order valence-electron chi connectivity index (χ1n) is 12.0. The zero-order chi connectivity index (χ0) is 25.6. The van der Waals surface area contributed by atoms with Crippen molar-refractivity contribution in [2.45, 2.75) is 13.3 Å². The van der Waals surface area contributed by atoms with Gasteiger partial charge in [-0.3, -0.25) is 14.9 Å². The number of nitrogens with zero attached hydrogens (tertiary/aromatic N) is 5. The number of H-pyrrole nitrogens is 2. The Morgan fingerprint density at radius 1 is 1.03 bits per heavy atom. The molecule has 1 aromatic carbocycles. The molecule has 7 rings (SSSR count). The maximum Gasteiger partial charge on any atom is 0.231 e. The second kappa shape index (κ2) is 8.66. The summed E-state index contributed by atoms with van der Waals surface area (Å²) in [4.78, 5) is 33.5. The van der Waals surface area contributed by atoms with Crippen molar-refractivity contribution >= 4 is 33.8 Å². The summed E-state index contributed by atoms with van der Waals surface area (Å²) in [5.74, 6) is 1.89. The number of rotatable bonds is 5. The molecular weight excluding hydrogens is 484 g/mol. The maximum absolute atomic E-state index is 11.8. The van der Waals surface area contributed by atoms with Gasteiger partial charge >= 0.3 is 0 Å². The highest BCUT2D eigenvalue weighted by molar-refractivity contribution is 5.95. The number of nitrogens with one attached hydrogen (secondary N) is 3. The normalized spacial score (nSPS) is 12.3. The van der Waals surface area contributed by atoms with Crippen LogP contribution in [0, 0.1) is 0 Å². The lowest BCUT2D eigenvalue weighted by molar-refractivity contribution is -0.115. The SMILES string of the molecule is CCC(=O)Nc1cncc(-c2ccc3[nH]nc(-c4nc5nccc(-c6ccc7c(c6)OCO7)c5[nH]4)c3n2)c1. The molecule has 0 fully saturated rings. The highest BCUT2D eigenvalue weighted by Gasteiger charge is 2.19. The lowest BCUT2D eigenvalue weighted by Crippen LogP contribution is -2.09. The van der Waals surface area contributed by atoms with Gasteiger partial charge in [0.1, 0.15) is 5.52 Å². The minimum atomic E-state index is -0.0805. The Morgan fingerprint density at radius 3 is 2.87 bits per heavy atom. The van der Waals surface area contributed by atoms with Gasteiger partial charge in [0, 0.05) is 29.9 Å². The van der Waals surface area contributed by atoms with Gasteiger partial charge in [-0.15, -0.1) is 0 Å². The topological polar surface area (TPSA) is 144 Å². The molecule has 5 aromatic heterocycles. The molecule has 0 saturated carbocycles. The molecule has 186 valence electrons. The van der Waals surface area contributed by atoms with E-state index in [0.29, 0.717) is 46.2 Å².